The number of halogens is 1. The van der Waals surface area contributed by atoms with Gasteiger partial charge in [-0.05, 0) is 36.4 Å². The molecule has 0 saturated heterocycles. The number of nitrogens with two attached hydrogens (primary N) is 1. The number of amides is 1. The van der Waals surface area contributed by atoms with Gasteiger partial charge in [0.1, 0.15) is 11.6 Å². The van der Waals surface area contributed by atoms with Gasteiger partial charge in [-0.2, -0.15) is 0 Å². The molecule has 0 radical (unpaired) electrons. The number of furan rings is 1. The average Bonchev–Trinajstić information content (AvgIpc) is 3.23. The van der Waals surface area contributed by atoms with Crippen molar-refractivity contribution in [3.05, 3.63) is 54.2 Å². The molecule has 7 nitrogen and oxygen atoms in total. The van der Waals surface area contributed by atoms with Crippen LogP contribution in [0.5, 0.6) is 0 Å². The maximum Gasteiger partial charge on any atom is 0.233 e. The minimum atomic E-state index is -0.341. The Hall–Kier alpha value is -2.81. The number of hydrogen-bond donors (Lipinski definition) is 1. The maximum absolute atomic E-state index is 13.0. The monoisotopic (exact) mass is 361 g/mol. The molecule has 0 aliphatic rings. The van der Waals surface area contributed by atoms with Crippen LogP contribution in [0.4, 0.5) is 4.39 Å². The molecule has 0 saturated carbocycles. The molecule has 25 heavy (non-hydrogen) atoms. The van der Waals surface area contributed by atoms with Crippen molar-refractivity contribution in [2.45, 2.75) is 11.7 Å². The van der Waals surface area contributed by atoms with Gasteiger partial charge in [0, 0.05) is 12.6 Å². The zero-order valence-corrected chi connectivity index (χ0v) is 14.2. The average molecular weight is 361 g/mol. The number of nitrogen functional groups attached to an aromatic ring is 1. The van der Waals surface area contributed by atoms with E-state index >= 15 is 0 Å². The van der Waals surface area contributed by atoms with Gasteiger partial charge in [-0.15, -0.1) is 10.2 Å². The van der Waals surface area contributed by atoms with Gasteiger partial charge >= 0.3 is 0 Å². The minimum Gasteiger partial charge on any atom is -0.467 e. The zero-order chi connectivity index (χ0) is 17.8. The summed E-state index contributed by atoms with van der Waals surface area (Å²) in [5, 5.41) is 8.40. The third-order valence-electron chi connectivity index (χ3n) is 3.49. The number of aromatic nitrogens is 3. The van der Waals surface area contributed by atoms with Crippen LogP contribution in [0.2, 0.25) is 0 Å². The Bertz CT molecular complexity index is 848. The molecule has 0 atom stereocenters. The van der Waals surface area contributed by atoms with Crippen LogP contribution in [0.1, 0.15) is 5.76 Å². The summed E-state index contributed by atoms with van der Waals surface area (Å²) in [5.74, 6) is 6.83. The van der Waals surface area contributed by atoms with E-state index in [4.69, 9.17) is 10.3 Å². The van der Waals surface area contributed by atoms with Crippen molar-refractivity contribution in [1.29, 1.82) is 0 Å². The molecular weight excluding hydrogens is 345 g/mol. The highest BCUT2D eigenvalue weighted by Gasteiger charge is 2.16. The number of carbonyl (C=O) groups is 1. The van der Waals surface area contributed by atoms with E-state index in [1.807, 2.05) is 6.07 Å². The second-order valence-electron chi connectivity index (χ2n) is 5.30. The summed E-state index contributed by atoms with van der Waals surface area (Å²) in [6, 6.07) is 9.37. The second kappa shape index (κ2) is 7.39. The number of nitrogens with zero attached hydrogens (tertiary/aromatic N) is 4. The van der Waals surface area contributed by atoms with Crippen LogP contribution in [0.3, 0.4) is 0 Å². The van der Waals surface area contributed by atoms with Gasteiger partial charge < -0.3 is 15.2 Å². The summed E-state index contributed by atoms with van der Waals surface area (Å²) in [4.78, 5) is 13.8. The van der Waals surface area contributed by atoms with Crippen LogP contribution >= 0.6 is 11.8 Å². The smallest absolute Gasteiger partial charge is 0.233 e. The van der Waals surface area contributed by atoms with Gasteiger partial charge in [0.15, 0.2) is 5.82 Å². The SMILES string of the molecule is CN(Cc1ccco1)C(=O)CSc1nnc(-c2ccc(F)cc2)n1N. The van der Waals surface area contributed by atoms with Crippen molar-refractivity contribution in [3.8, 4) is 11.4 Å². The highest BCUT2D eigenvalue weighted by Crippen LogP contribution is 2.22. The topological polar surface area (TPSA) is 90.2 Å². The Morgan fingerprint density at radius 1 is 1.32 bits per heavy atom. The lowest BCUT2D eigenvalue weighted by molar-refractivity contribution is -0.127. The van der Waals surface area contributed by atoms with Crippen molar-refractivity contribution < 1.29 is 13.6 Å². The Morgan fingerprint density at radius 2 is 2.08 bits per heavy atom. The lowest BCUT2D eigenvalue weighted by Crippen LogP contribution is -2.27. The fourth-order valence-electron chi connectivity index (χ4n) is 2.13. The molecule has 0 fully saturated rings. The standard InChI is InChI=1S/C16H16FN5O2S/c1-21(9-13-3-2-8-24-13)14(23)10-25-16-20-19-15(22(16)18)11-4-6-12(17)7-5-11/h2-8H,9-10,18H2,1H3. The van der Waals surface area contributed by atoms with E-state index in [-0.39, 0.29) is 17.5 Å². The number of thioether (sulfide) groups is 1. The summed E-state index contributed by atoms with van der Waals surface area (Å²) in [5.41, 5.74) is 0.643. The van der Waals surface area contributed by atoms with Crippen molar-refractivity contribution in [2.24, 2.45) is 0 Å². The maximum atomic E-state index is 13.0. The van der Waals surface area contributed by atoms with Gasteiger partial charge in [0.2, 0.25) is 11.1 Å². The molecule has 2 heterocycles. The molecule has 3 aromatic rings. The third kappa shape index (κ3) is 4.00. The molecule has 3 rings (SSSR count). The predicted octanol–water partition coefficient (Wildman–Crippen LogP) is 2.14. The number of rotatable bonds is 6. The van der Waals surface area contributed by atoms with Crippen LogP contribution in [-0.2, 0) is 11.3 Å². The molecule has 0 unspecified atom stereocenters. The van der Waals surface area contributed by atoms with Crippen molar-refractivity contribution in [1.82, 2.24) is 19.8 Å². The summed E-state index contributed by atoms with van der Waals surface area (Å²) in [6.45, 7) is 0.391. The summed E-state index contributed by atoms with van der Waals surface area (Å²) < 4.78 is 19.5. The first-order chi connectivity index (χ1) is 12.0. The van der Waals surface area contributed by atoms with Gasteiger partial charge in [0.25, 0.3) is 0 Å². The molecule has 9 heteroatoms. The van der Waals surface area contributed by atoms with Crippen LogP contribution in [0.15, 0.2) is 52.2 Å². The van der Waals surface area contributed by atoms with Gasteiger partial charge in [0.05, 0.1) is 18.6 Å². The quantitative estimate of drug-likeness (QED) is 0.534. The highest BCUT2D eigenvalue weighted by atomic mass is 32.2. The van der Waals surface area contributed by atoms with Gasteiger partial charge in [-0.1, -0.05) is 11.8 Å². The Kier molecular flexibility index (Phi) is 5.03. The summed E-state index contributed by atoms with van der Waals surface area (Å²) in [6.07, 6.45) is 1.57. The van der Waals surface area contributed by atoms with E-state index < -0.39 is 0 Å². The lowest BCUT2D eigenvalue weighted by atomic mass is 10.2. The Balaban J connectivity index is 1.62. The normalized spacial score (nSPS) is 10.8. The molecule has 1 amide bonds. The Morgan fingerprint density at radius 3 is 2.76 bits per heavy atom. The molecule has 0 aliphatic heterocycles. The minimum absolute atomic E-state index is 0.0901. The molecule has 0 aliphatic carbocycles. The zero-order valence-electron chi connectivity index (χ0n) is 13.4. The summed E-state index contributed by atoms with van der Waals surface area (Å²) >= 11 is 1.18. The van der Waals surface area contributed by atoms with Crippen LogP contribution in [0.25, 0.3) is 11.4 Å². The van der Waals surface area contributed by atoms with E-state index in [0.29, 0.717) is 28.8 Å². The van der Waals surface area contributed by atoms with Crippen molar-refractivity contribution in [3.63, 3.8) is 0 Å². The molecule has 2 aromatic heterocycles. The molecule has 0 bridgehead atoms. The van der Waals surface area contributed by atoms with Gasteiger partial charge in [-0.3, -0.25) is 4.79 Å². The van der Waals surface area contributed by atoms with Crippen LogP contribution < -0.4 is 5.84 Å². The van der Waals surface area contributed by atoms with E-state index in [0.717, 1.165) is 0 Å². The van der Waals surface area contributed by atoms with E-state index in [1.54, 1.807) is 36.4 Å². The van der Waals surface area contributed by atoms with Crippen LogP contribution in [0, 0.1) is 5.82 Å². The molecular formula is C16H16FN5O2S. The number of hydrogen-bond acceptors (Lipinski definition) is 6. The fourth-order valence-corrected chi connectivity index (χ4v) is 2.93. The first kappa shape index (κ1) is 17.0. The predicted molar refractivity (Wildman–Crippen MR) is 91.5 cm³/mol. The number of carbonyl (C=O) groups excluding carboxylic acids is 1. The van der Waals surface area contributed by atoms with Crippen molar-refractivity contribution >= 4 is 17.7 Å². The Labute approximate surface area is 147 Å². The first-order valence-electron chi connectivity index (χ1n) is 7.40. The van der Waals surface area contributed by atoms with E-state index in [1.165, 1.54) is 28.6 Å². The lowest BCUT2D eigenvalue weighted by Gasteiger charge is -2.15. The molecule has 130 valence electrons. The fraction of sp³-hybridized carbons (Fsp3) is 0.188. The van der Waals surface area contributed by atoms with E-state index in [2.05, 4.69) is 10.2 Å². The van der Waals surface area contributed by atoms with Crippen LogP contribution in [-0.4, -0.2) is 38.5 Å². The van der Waals surface area contributed by atoms with Gasteiger partial charge in [-0.25, -0.2) is 9.07 Å². The largest absolute Gasteiger partial charge is 0.467 e. The summed E-state index contributed by atoms with van der Waals surface area (Å²) in [7, 11) is 1.70. The number of benzene rings is 1. The van der Waals surface area contributed by atoms with E-state index in [9.17, 15) is 9.18 Å². The third-order valence-corrected chi connectivity index (χ3v) is 4.42. The second-order valence-corrected chi connectivity index (χ2v) is 6.24. The first-order valence-corrected chi connectivity index (χ1v) is 8.38. The molecule has 0 spiro atoms. The van der Waals surface area contributed by atoms with Crippen molar-refractivity contribution in [2.75, 3.05) is 18.6 Å². The molecule has 1 aromatic carbocycles. The molecule has 2 N–H and O–H groups in total. The highest BCUT2D eigenvalue weighted by molar-refractivity contribution is 7.99.